The van der Waals surface area contributed by atoms with Crippen LogP contribution in [0.25, 0.3) is 10.9 Å². The van der Waals surface area contributed by atoms with Crippen LogP contribution in [0.1, 0.15) is 23.3 Å². The van der Waals surface area contributed by atoms with E-state index < -0.39 is 0 Å². The van der Waals surface area contributed by atoms with E-state index in [1.54, 1.807) is 29.2 Å². The Morgan fingerprint density at radius 3 is 2.58 bits per heavy atom. The molecule has 0 spiro atoms. The topological polar surface area (TPSA) is 68.1 Å². The third-order valence-electron chi connectivity index (χ3n) is 4.97. The SMILES string of the molecule is O=C(c1ccccn1)N1CCC(Cn2cnc3ccccc3c2=O)CC1. The third-order valence-corrected chi connectivity index (χ3v) is 4.97. The quantitative estimate of drug-likeness (QED) is 0.729. The van der Waals surface area contributed by atoms with E-state index in [-0.39, 0.29) is 11.5 Å². The van der Waals surface area contributed by atoms with Crippen LogP contribution in [0, 0.1) is 5.92 Å². The largest absolute Gasteiger partial charge is 0.337 e. The number of carbonyl (C=O) groups is 1. The number of nitrogens with zero attached hydrogens (tertiary/aromatic N) is 4. The van der Waals surface area contributed by atoms with Gasteiger partial charge in [0.15, 0.2) is 0 Å². The van der Waals surface area contributed by atoms with Crippen LogP contribution >= 0.6 is 0 Å². The Hall–Kier alpha value is -3.02. The van der Waals surface area contributed by atoms with E-state index in [9.17, 15) is 9.59 Å². The number of likely N-dealkylation sites (tertiary alicyclic amines) is 1. The molecule has 6 nitrogen and oxygen atoms in total. The zero-order chi connectivity index (χ0) is 17.9. The molecule has 0 radical (unpaired) electrons. The molecule has 0 aliphatic carbocycles. The molecule has 2 aromatic heterocycles. The van der Waals surface area contributed by atoms with Gasteiger partial charge >= 0.3 is 0 Å². The highest BCUT2D eigenvalue weighted by atomic mass is 16.2. The second kappa shape index (κ2) is 7.07. The van der Waals surface area contributed by atoms with Gasteiger partial charge in [-0.05, 0) is 43.0 Å². The molecule has 6 heteroatoms. The standard InChI is InChI=1S/C20H20N4O2/c25-19-16-5-1-2-6-17(16)22-14-24(19)13-15-8-11-23(12-9-15)20(26)18-7-3-4-10-21-18/h1-7,10,14-15H,8-9,11-13H2. The number of aromatic nitrogens is 3. The molecule has 1 aliphatic rings. The number of pyridine rings is 1. The predicted octanol–water partition coefficient (Wildman–Crippen LogP) is 2.34. The molecule has 4 rings (SSSR count). The lowest BCUT2D eigenvalue weighted by atomic mass is 9.96. The van der Waals surface area contributed by atoms with Gasteiger partial charge in [-0.25, -0.2) is 4.98 Å². The lowest BCUT2D eigenvalue weighted by molar-refractivity contribution is 0.0676. The molecule has 0 N–H and O–H groups in total. The summed E-state index contributed by atoms with van der Waals surface area (Å²) >= 11 is 0. The summed E-state index contributed by atoms with van der Waals surface area (Å²) in [4.78, 5) is 35.4. The predicted molar refractivity (Wildman–Crippen MR) is 98.9 cm³/mol. The van der Waals surface area contributed by atoms with Crippen molar-refractivity contribution in [1.29, 1.82) is 0 Å². The molecule has 26 heavy (non-hydrogen) atoms. The highest BCUT2D eigenvalue weighted by molar-refractivity contribution is 5.92. The number of hydrogen-bond acceptors (Lipinski definition) is 4. The Morgan fingerprint density at radius 1 is 1.04 bits per heavy atom. The van der Waals surface area contributed by atoms with E-state index in [1.165, 1.54) is 0 Å². The smallest absolute Gasteiger partial charge is 0.272 e. The Morgan fingerprint density at radius 2 is 1.81 bits per heavy atom. The van der Waals surface area contributed by atoms with E-state index in [0.717, 1.165) is 18.4 Å². The monoisotopic (exact) mass is 348 g/mol. The molecule has 0 atom stereocenters. The molecule has 1 saturated heterocycles. The first-order chi connectivity index (χ1) is 12.7. The van der Waals surface area contributed by atoms with E-state index in [0.29, 0.717) is 36.6 Å². The molecule has 1 fully saturated rings. The van der Waals surface area contributed by atoms with Gasteiger partial charge in [-0.3, -0.25) is 19.1 Å². The fourth-order valence-corrected chi connectivity index (χ4v) is 3.48. The van der Waals surface area contributed by atoms with Gasteiger partial charge in [0.05, 0.1) is 17.2 Å². The Kier molecular flexibility index (Phi) is 4.48. The van der Waals surface area contributed by atoms with Crippen molar-refractivity contribution in [3.05, 3.63) is 71.0 Å². The molecule has 3 heterocycles. The third kappa shape index (κ3) is 3.22. The average molecular weight is 348 g/mol. The van der Waals surface area contributed by atoms with Crippen LogP contribution in [0.3, 0.4) is 0 Å². The Balaban J connectivity index is 1.42. The van der Waals surface area contributed by atoms with Crippen LogP contribution < -0.4 is 5.56 Å². The summed E-state index contributed by atoms with van der Waals surface area (Å²) in [5.74, 6) is 0.344. The highest BCUT2D eigenvalue weighted by Crippen LogP contribution is 2.20. The zero-order valence-electron chi connectivity index (χ0n) is 14.4. The maximum Gasteiger partial charge on any atom is 0.272 e. The highest BCUT2D eigenvalue weighted by Gasteiger charge is 2.24. The van der Waals surface area contributed by atoms with Gasteiger partial charge in [-0.1, -0.05) is 18.2 Å². The fourth-order valence-electron chi connectivity index (χ4n) is 3.48. The minimum absolute atomic E-state index is 0.00240. The maximum absolute atomic E-state index is 12.6. The van der Waals surface area contributed by atoms with Crippen molar-refractivity contribution < 1.29 is 4.79 Å². The van der Waals surface area contributed by atoms with Gasteiger partial charge in [-0.2, -0.15) is 0 Å². The van der Waals surface area contributed by atoms with E-state index in [4.69, 9.17) is 0 Å². The van der Waals surface area contributed by atoms with E-state index in [2.05, 4.69) is 9.97 Å². The zero-order valence-corrected chi connectivity index (χ0v) is 14.4. The Labute approximate surface area is 151 Å². The molecular formula is C20H20N4O2. The van der Waals surface area contributed by atoms with Gasteiger partial charge < -0.3 is 4.90 Å². The second-order valence-electron chi connectivity index (χ2n) is 6.67. The maximum atomic E-state index is 12.6. The molecule has 1 aliphatic heterocycles. The van der Waals surface area contributed by atoms with Crippen molar-refractivity contribution in [2.45, 2.75) is 19.4 Å². The lowest BCUT2D eigenvalue weighted by Crippen LogP contribution is -2.40. The molecule has 132 valence electrons. The summed E-state index contributed by atoms with van der Waals surface area (Å²) in [6, 6.07) is 12.8. The van der Waals surface area contributed by atoms with Crippen LogP contribution in [0.2, 0.25) is 0 Å². The number of piperidine rings is 1. The summed E-state index contributed by atoms with van der Waals surface area (Å²) < 4.78 is 1.70. The molecule has 0 saturated carbocycles. The summed E-state index contributed by atoms with van der Waals surface area (Å²) in [6.07, 6.45) is 5.02. The lowest BCUT2D eigenvalue weighted by Gasteiger charge is -2.32. The second-order valence-corrected chi connectivity index (χ2v) is 6.67. The number of fused-ring (bicyclic) bond motifs is 1. The molecule has 0 bridgehead atoms. The van der Waals surface area contributed by atoms with E-state index in [1.807, 2.05) is 35.2 Å². The van der Waals surface area contributed by atoms with Crippen LogP contribution in [0.15, 0.2) is 59.8 Å². The van der Waals surface area contributed by atoms with Crippen LogP contribution in [-0.4, -0.2) is 38.4 Å². The molecule has 0 unspecified atom stereocenters. The summed E-state index contributed by atoms with van der Waals surface area (Å²) in [7, 11) is 0. The number of amides is 1. The fraction of sp³-hybridized carbons (Fsp3) is 0.300. The van der Waals surface area contributed by atoms with Crippen molar-refractivity contribution in [1.82, 2.24) is 19.4 Å². The van der Waals surface area contributed by atoms with Crippen molar-refractivity contribution >= 4 is 16.8 Å². The summed E-state index contributed by atoms with van der Waals surface area (Å²) in [5, 5.41) is 0.651. The molecule has 3 aromatic rings. The van der Waals surface area contributed by atoms with Gasteiger partial charge in [-0.15, -0.1) is 0 Å². The molecule has 1 amide bonds. The number of hydrogen-bond donors (Lipinski definition) is 0. The normalized spacial score (nSPS) is 15.3. The number of para-hydroxylation sites is 1. The van der Waals surface area contributed by atoms with Gasteiger partial charge in [0.1, 0.15) is 5.69 Å². The minimum Gasteiger partial charge on any atom is -0.337 e. The van der Waals surface area contributed by atoms with Crippen LogP contribution in [0.4, 0.5) is 0 Å². The Bertz CT molecular complexity index is 976. The van der Waals surface area contributed by atoms with Crippen LogP contribution in [0.5, 0.6) is 0 Å². The van der Waals surface area contributed by atoms with E-state index >= 15 is 0 Å². The number of carbonyl (C=O) groups excluding carboxylic acids is 1. The van der Waals surface area contributed by atoms with Crippen molar-refractivity contribution in [3.8, 4) is 0 Å². The summed E-state index contributed by atoms with van der Waals surface area (Å²) in [6.45, 7) is 2.02. The minimum atomic E-state index is -0.0198. The number of benzene rings is 1. The first-order valence-electron chi connectivity index (χ1n) is 8.87. The van der Waals surface area contributed by atoms with Gasteiger partial charge in [0, 0.05) is 25.8 Å². The van der Waals surface area contributed by atoms with Crippen molar-refractivity contribution in [2.75, 3.05) is 13.1 Å². The number of rotatable bonds is 3. The van der Waals surface area contributed by atoms with Crippen molar-refractivity contribution in [2.24, 2.45) is 5.92 Å². The first-order valence-corrected chi connectivity index (χ1v) is 8.87. The first kappa shape index (κ1) is 16.4. The average Bonchev–Trinajstić information content (AvgIpc) is 2.71. The summed E-state index contributed by atoms with van der Waals surface area (Å²) in [5.41, 5.74) is 1.22. The van der Waals surface area contributed by atoms with Crippen LogP contribution in [-0.2, 0) is 6.54 Å². The van der Waals surface area contributed by atoms with Gasteiger partial charge in [0.25, 0.3) is 11.5 Å². The van der Waals surface area contributed by atoms with Crippen molar-refractivity contribution in [3.63, 3.8) is 0 Å². The molecule has 1 aromatic carbocycles. The molecular weight excluding hydrogens is 328 g/mol. The van der Waals surface area contributed by atoms with Gasteiger partial charge in [0.2, 0.25) is 0 Å².